The number of nitrogens with zero attached hydrogens (tertiary/aromatic N) is 3. The fraction of sp³-hybridized carbons (Fsp3) is 0.538. The molecular formula is C13H19ClN4S. The molecule has 1 fully saturated rings. The Morgan fingerprint density at radius 2 is 2.16 bits per heavy atom. The molecule has 1 aliphatic rings. The average Bonchev–Trinajstić information content (AvgIpc) is 2.41. The lowest BCUT2D eigenvalue weighted by molar-refractivity contribution is 0.224. The van der Waals surface area contributed by atoms with Gasteiger partial charge in [0.1, 0.15) is 5.82 Å². The minimum Gasteiger partial charge on any atom is -0.392 e. The summed E-state index contributed by atoms with van der Waals surface area (Å²) in [6.07, 6.45) is 2.73. The Balaban J connectivity index is 2.00. The summed E-state index contributed by atoms with van der Waals surface area (Å²) in [5.74, 6) is 0.868. The molecule has 0 aliphatic carbocycles. The molecule has 4 nitrogen and oxygen atoms in total. The maximum Gasteiger partial charge on any atom is 0.147 e. The van der Waals surface area contributed by atoms with Crippen molar-refractivity contribution in [3.63, 3.8) is 0 Å². The molecule has 2 heterocycles. The van der Waals surface area contributed by atoms with Crippen molar-refractivity contribution in [1.29, 1.82) is 0 Å². The summed E-state index contributed by atoms with van der Waals surface area (Å²) in [6.45, 7) is 5.78. The van der Waals surface area contributed by atoms with Crippen molar-refractivity contribution in [3.8, 4) is 0 Å². The molecule has 0 radical (unpaired) electrons. The van der Waals surface area contributed by atoms with E-state index in [-0.39, 0.29) is 6.04 Å². The minimum absolute atomic E-state index is 0.205. The second-order valence-corrected chi connectivity index (χ2v) is 5.54. The zero-order chi connectivity index (χ0) is 13.8. The van der Waals surface area contributed by atoms with Crippen LogP contribution >= 0.6 is 23.8 Å². The Kier molecular flexibility index (Phi) is 4.96. The Hall–Kier alpha value is -0.910. The van der Waals surface area contributed by atoms with Gasteiger partial charge in [0.15, 0.2) is 0 Å². The molecule has 1 unspecified atom stereocenters. The normalized spacial score (nSPS) is 18.3. The van der Waals surface area contributed by atoms with Crippen LogP contribution in [0.3, 0.4) is 0 Å². The number of pyridine rings is 1. The van der Waals surface area contributed by atoms with Gasteiger partial charge in [-0.15, -0.1) is 0 Å². The van der Waals surface area contributed by atoms with Gasteiger partial charge in [-0.2, -0.15) is 0 Å². The summed E-state index contributed by atoms with van der Waals surface area (Å²) < 4.78 is 0. The molecule has 0 aromatic carbocycles. The number of rotatable bonds is 4. The number of nitrogens with two attached hydrogens (primary N) is 1. The van der Waals surface area contributed by atoms with Crippen LogP contribution in [0.1, 0.15) is 13.3 Å². The highest BCUT2D eigenvalue weighted by molar-refractivity contribution is 7.80. The van der Waals surface area contributed by atoms with Crippen molar-refractivity contribution in [3.05, 3.63) is 23.4 Å². The number of anilines is 1. The van der Waals surface area contributed by atoms with Crippen molar-refractivity contribution in [1.82, 2.24) is 9.88 Å². The quantitative estimate of drug-likeness (QED) is 0.861. The smallest absolute Gasteiger partial charge is 0.147 e. The predicted molar refractivity (Wildman–Crippen MR) is 83.9 cm³/mol. The van der Waals surface area contributed by atoms with Gasteiger partial charge in [0.05, 0.1) is 16.1 Å². The molecule has 0 saturated carbocycles. The molecule has 19 heavy (non-hydrogen) atoms. The van der Waals surface area contributed by atoms with Crippen LogP contribution in [0, 0.1) is 0 Å². The van der Waals surface area contributed by atoms with Gasteiger partial charge in [-0.1, -0.05) is 30.7 Å². The summed E-state index contributed by atoms with van der Waals surface area (Å²) in [7, 11) is 0. The van der Waals surface area contributed by atoms with Crippen molar-refractivity contribution >= 4 is 34.6 Å². The standard InChI is InChI=1S/C13H19ClN4S/c1-2-11(12(15)19)17-6-8-18(9-7-17)13-10(14)4-3-5-16-13/h3-5,11H,2,6-9H2,1H3,(H2,15,19). The highest BCUT2D eigenvalue weighted by atomic mass is 35.5. The van der Waals surface area contributed by atoms with E-state index >= 15 is 0 Å². The van der Waals surface area contributed by atoms with Crippen LogP contribution in [0.4, 0.5) is 5.82 Å². The van der Waals surface area contributed by atoms with Gasteiger partial charge >= 0.3 is 0 Å². The van der Waals surface area contributed by atoms with Crippen molar-refractivity contribution in [2.45, 2.75) is 19.4 Å². The van der Waals surface area contributed by atoms with E-state index in [1.165, 1.54) is 0 Å². The van der Waals surface area contributed by atoms with Crippen LogP contribution in [-0.4, -0.2) is 47.1 Å². The average molecular weight is 299 g/mol. The first kappa shape index (κ1) is 14.5. The molecular weight excluding hydrogens is 280 g/mol. The molecule has 1 atom stereocenters. The van der Waals surface area contributed by atoms with Gasteiger partial charge in [-0.3, -0.25) is 4.90 Å². The lowest BCUT2D eigenvalue weighted by atomic mass is 10.1. The van der Waals surface area contributed by atoms with E-state index in [9.17, 15) is 0 Å². The number of halogens is 1. The number of piperazine rings is 1. The van der Waals surface area contributed by atoms with E-state index in [0.29, 0.717) is 10.0 Å². The van der Waals surface area contributed by atoms with Gasteiger partial charge in [-0.05, 0) is 18.6 Å². The van der Waals surface area contributed by atoms with Crippen LogP contribution in [-0.2, 0) is 0 Å². The molecule has 0 spiro atoms. The van der Waals surface area contributed by atoms with Gasteiger partial charge in [0, 0.05) is 32.4 Å². The first-order valence-corrected chi connectivity index (χ1v) is 7.31. The fourth-order valence-corrected chi connectivity index (χ4v) is 3.05. The lowest BCUT2D eigenvalue weighted by Gasteiger charge is -2.39. The Bertz CT molecular complexity index is 446. The third-order valence-electron chi connectivity index (χ3n) is 3.51. The van der Waals surface area contributed by atoms with Crippen LogP contribution < -0.4 is 10.6 Å². The van der Waals surface area contributed by atoms with Crippen molar-refractivity contribution < 1.29 is 0 Å². The zero-order valence-electron chi connectivity index (χ0n) is 11.1. The highest BCUT2D eigenvalue weighted by Crippen LogP contribution is 2.23. The molecule has 6 heteroatoms. The third kappa shape index (κ3) is 3.35. The Morgan fingerprint density at radius 1 is 1.47 bits per heavy atom. The first-order valence-electron chi connectivity index (χ1n) is 6.52. The van der Waals surface area contributed by atoms with E-state index in [1.54, 1.807) is 6.20 Å². The summed E-state index contributed by atoms with van der Waals surface area (Å²) >= 11 is 11.3. The largest absolute Gasteiger partial charge is 0.392 e. The minimum atomic E-state index is 0.205. The Morgan fingerprint density at radius 3 is 2.68 bits per heavy atom. The predicted octanol–water partition coefficient (Wildman–Crippen LogP) is 1.92. The fourth-order valence-electron chi connectivity index (χ4n) is 2.49. The van der Waals surface area contributed by atoms with E-state index in [2.05, 4.69) is 21.7 Å². The zero-order valence-corrected chi connectivity index (χ0v) is 12.6. The van der Waals surface area contributed by atoms with Crippen molar-refractivity contribution in [2.75, 3.05) is 31.1 Å². The maximum absolute atomic E-state index is 6.18. The van der Waals surface area contributed by atoms with Crippen LogP contribution in [0.2, 0.25) is 5.02 Å². The molecule has 2 rings (SSSR count). The molecule has 1 aromatic rings. The number of aromatic nitrogens is 1. The van der Waals surface area contributed by atoms with E-state index < -0.39 is 0 Å². The monoisotopic (exact) mass is 298 g/mol. The highest BCUT2D eigenvalue weighted by Gasteiger charge is 2.25. The molecule has 1 aliphatic heterocycles. The maximum atomic E-state index is 6.18. The molecule has 1 saturated heterocycles. The summed E-state index contributed by atoms with van der Waals surface area (Å²) in [5, 5.41) is 0.706. The summed E-state index contributed by atoms with van der Waals surface area (Å²) in [5.41, 5.74) is 5.79. The molecule has 0 amide bonds. The van der Waals surface area contributed by atoms with Gasteiger partial charge in [-0.25, -0.2) is 4.98 Å². The van der Waals surface area contributed by atoms with E-state index in [1.807, 2.05) is 12.1 Å². The topological polar surface area (TPSA) is 45.4 Å². The summed E-state index contributed by atoms with van der Waals surface area (Å²) in [6, 6.07) is 3.93. The number of hydrogen-bond donors (Lipinski definition) is 1. The first-order chi connectivity index (χ1) is 9.13. The summed E-state index contributed by atoms with van der Waals surface area (Å²) in [4.78, 5) is 9.50. The van der Waals surface area contributed by atoms with E-state index in [0.717, 1.165) is 38.4 Å². The third-order valence-corrected chi connectivity index (χ3v) is 4.08. The number of hydrogen-bond acceptors (Lipinski definition) is 4. The number of thiocarbonyl (C=S) groups is 1. The second-order valence-electron chi connectivity index (χ2n) is 4.66. The van der Waals surface area contributed by atoms with E-state index in [4.69, 9.17) is 29.6 Å². The van der Waals surface area contributed by atoms with Gasteiger partial charge in [0.25, 0.3) is 0 Å². The molecule has 1 aromatic heterocycles. The SMILES string of the molecule is CCC(C(N)=S)N1CCN(c2ncccc2Cl)CC1. The Labute approximate surface area is 124 Å². The molecule has 104 valence electrons. The van der Waals surface area contributed by atoms with Gasteiger partial charge < -0.3 is 10.6 Å². The van der Waals surface area contributed by atoms with Crippen LogP contribution in [0.25, 0.3) is 0 Å². The second kappa shape index (κ2) is 6.50. The van der Waals surface area contributed by atoms with Crippen LogP contribution in [0.5, 0.6) is 0 Å². The van der Waals surface area contributed by atoms with Crippen molar-refractivity contribution in [2.24, 2.45) is 5.73 Å². The molecule has 0 bridgehead atoms. The molecule has 2 N–H and O–H groups in total. The lowest BCUT2D eigenvalue weighted by Crippen LogP contribution is -2.53. The van der Waals surface area contributed by atoms with Gasteiger partial charge in [0.2, 0.25) is 0 Å². The van der Waals surface area contributed by atoms with Crippen LogP contribution in [0.15, 0.2) is 18.3 Å².